The number of aryl methyl sites for hydroxylation is 1. The van der Waals surface area contributed by atoms with Crippen LogP contribution >= 0.6 is 11.3 Å². The molecule has 0 spiro atoms. The lowest BCUT2D eigenvalue weighted by Crippen LogP contribution is -1.96. The monoisotopic (exact) mass is 364 g/mol. The van der Waals surface area contributed by atoms with E-state index in [4.69, 9.17) is 4.74 Å². The third-order valence-electron chi connectivity index (χ3n) is 4.24. The van der Waals surface area contributed by atoms with Crippen molar-refractivity contribution in [1.29, 1.82) is 0 Å². The summed E-state index contributed by atoms with van der Waals surface area (Å²) in [6.07, 6.45) is 7.47. The van der Waals surface area contributed by atoms with Gasteiger partial charge in [0, 0.05) is 24.2 Å². The zero-order chi connectivity index (χ0) is 17.9. The molecule has 0 radical (unpaired) electrons. The number of thiophene rings is 1. The molecule has 0 aliphatic carbocycles. The van der Waals surface area contributed by atoms with Gasteiger partial charge in [-0.2, -0.15) is 0 Å². The first-order valence-corrected chi connectivity index (χ1v) is 9.52. The Balaban J connectivity index is 1.73. The number of unbranched alkanes of at least 4 members (excludes halogenated alkanes) is 1. The molecular weight excluding hydrogens is 344 g/mol. The van der Waals surface area contributed by atoms with Crippen molar-refractivity contribution in [2.24, 2.45) is 7.05 Å². The van der Waals surface area contributed by atoms with Gasteiger partial charge in [-0.3, -0.25) is 0 Å². The fraction of sp³-hybridized carbons (Fsp3) is 0.250. The Morgan fingerprint density at radius 2 is 2.12 bits per heavy atom. The first kappa shape index (κ1) is 16.7. The number of imidazole rings is 1. The average Bonchev–Trinajstić information content (AvgIpc) is 3.25. The molecule has 4 rings (SSSR count). The molecule has 0 saturated heterocycles. The van der Waals surface area contributed by atoms with Crippen molar-refractivity contribution < 1.29 is 4.74 Å². The predicted molar refractivity (Wildman–Crippen MR) is 105 cm³/mol. The van der Waals surface area contributed by atoms with E-state index >= 15 is 0 Å². The maximum Gasteiger partial charge on any atom is 0.127 e. The molecule has 0 fully saturated rings. The Kier molecular flexibility index (Phi) is 4.67. The minimum atomic E-state index is 0.740. The van der Waals surface area contributed by atoms with E-state index < -0.39 is 0 Å². The zero-order valence-electron chi connectivity index (χ0n) is 14.8. The zero-order valence-corrected chi connectivity index (χ0v) is 15.7. The maximum atomic E-state index is 5.86. The van der Waals surface area contributed by atoms with Crippen LogP contribution in [0.4, 0.5) is 0 Å². The molecule has 1 aromatic carbocycles. The summed E-state index contributed by atoms with van der Waals surface area (Å²) in [4.78, 5) is 15.2. The summed E-state index contributed by atoms with van der Waals surface area (Å²) >= 11 is 1.66. The van der Waals surface area contributed by atoms with Crippen LogP contribution in [-0.4, -0.2) is 26.1 Å². The molecule has 0 aliphatic heterocycles. The Morgan fingerprint density at radius 1 is 1.19 bits per heavy atom. The molecule has 132 valence electrons. The smallest absolute Gasteiger partial charge is 0.127 e. The van der Waals surface area contributed by atoms with E-state index in [0.29, 0.717) is 0 Å². The standard InChI is InChI=1S/C20H20N4OS/c1-3-4-8-25-16-7-5-6-14(9-16)18-19(24(2)13-23-18)17-10-15-11-21-12-22-20(15)26-17/h5-7,9-13H,3-4,8H2,1-2H3. The van der Waals surface area contributed by atoms with E-state index in [-0.39, 0.29) is 0 Å². The highest BCUT2D eigenvalue weighted by Crippen LogP contribution is 2.37. The lowest BCUT2D eigenvalue weighted by atomic mass is 10.1. The van der Waals surface area contributed by atoms with Crippen molar-refractivity contribution in [3.63, 3.8) is 0 Å². The summed E-state index contributed by atoms with van der Waals surface area (Å²) in [6.45, 7) is 2.90. The molecule has 0 N–H and O–H groups in total. The number of nitrogens with zero attached hydrogens (tertiary/aromatic N) is 4. The van der Waals surface area contributed by atoms with E-state index in [2.05, 4.69) is 44.6 Å². The van der Waals surface area contributed by atoms with Gasteiger partial charge >= 0.3 is 0 Å². The van der Waals surface area contributed by atoms with Crippen molar-refractivity contribution in [2.45, 2.75) is 19.8 Å². The highest BCUT2D eigenvalue weighted by Gasteiger charge is 2.16. The maximum absolute atomic E-state index is 5.86. The van der Waals surface area contributed by atoms with Gasteiger partial charge in [-0.25, -0.2) is 15.0 Å². The van der Waals surface area contributed by atoms with Crippen LogP contribution in [0.3, 0.4) is 0 Å². The van der Waals surface area contributed by atoms with E-state index in [9.17, 15) is 0 Å². The number of ether oxygens (including phenoxy) is 1. The molecule has 0 amide bonds. The second kappa shape index (κ2) is 7.25. The third-order valence-corrected chi connectivity index (χ3v) is 5.31. The van der Waals surface area contributed by atoms with Crippen LogP contribution in [0, 0.1) is 0 Å². The molecular formula is C20H20N4OS. The molecule has 5 nitrogen and oxygen atoms in total. The van der Waals surface area contributed by atoms with Crippen molar-refractivity contribution in [2.75, 3.05) is 6.61 Å². The van der Waals surface area contributed by atoms with Crippen LogP contribution in [0.5, 0.6) is 5.75 Å². The Hall–Kier alpha value is -2.73. The number of fused-ring (bicyclic) bond motifs is 1. The second-order valence-electron chi connectivity index (χ2n) is 6.18. The van der Waals surface area contributed by atoms with Gasteiger partial charge in [0.2, 0.25) is 0 Å². The summed E-state index contributed by atoms with van der Waals surface area (Å²) in [5, 5.41) is 1.05. The van der Waals surface area contributed by atoms with Crippen molar-refractivity contribution in [3.8, 4) is 27.6 Å². The molecule has 3 aromatic heterocycles. The SMILES string of the molecule is CCCCOc1cccc(-c2ncn(C)c2-c2cc3cncnc3s2)c1. The number of hydrogen-bond acceptors (Lipinski definition) is 5. The summed E-state index contributed by atoms with van der Waals surface area (Å²) in [5.74, 6) is 0.884. The van der Waals surface area contributed by atoms with Gasteiger partial charge in [0.15, 0.2) is 0 Å². The lowest BCUT2D eigenvalue weighted by molar-refractivity contribution is 0.309. The molecule has 0 bridgehead atoms. The quantitative estimate of drug-likeness (QED) is 0.455. The Morgan fingerprint density at radius 3 is 2.96 bits per heavy atom. The molecule has 0 aliphatic rings. The number of benzene rings is 1. The number of aromatic nitrogens is 4. The molecule has 26 heavy (non-hydrogen) atoms. The van der Waals surface area contributed by atoms with Crippen LogP contribution in [0.15, 0.2) is 49.2 Å². The summed E-state index contributed by atoms with van der Waals surface area (Å²) in [6, 6.07) is 10.3. The van der Waals surface area contributed by atoms with Crippen LogP contribution in [-0.2, 0) is 7.05 Å². The molecule has 6 heteroatoms. The van der Waals surface area contributed by atoms with Crippen molar-refractivity contribution >= 4 is 21.6 Å². The van der Waals surface area contributed by atoms with Gasteiger partial charge in [0.25, 0.3) is 0 Å². The van der Waals surface area contributed by atoms with Crippen LogP contribution in [0.1, 0.15) is 19.8 Å². The van der Waals surface area contributed by atoms with Gasteiger partial charge in [-0.1, -0.05) is 25.5 Å². The summed E-state index contributed by atoms with van der Waals surface area (Å²) in [5.41, 5.74) is 3.09. The topological polar surface area (TPSA) is 52.8 Å². The van der Waals surface area contributed by atoms with E-state index in [0.717, 1.165) is 57.2 Å². The fourth-order valence-corrected chi connectivity index (χ4v) is 3.97. The summed E-state index contributed by atoms with van der Waals surface area (Å²) in [7, 11) is 2.02. The minimum absolute atomic E-state index is 0.740. The molecule has 3 heterocycles. The molecule has 4 aromatic rings. The van der Waals surface area contributed by atoms with E-state index in [1.807, 2.05) is 31.7 Å². The number of hydrogen-bond donors (Lipinski definition) is 0. The summed E-state index contributed by atoms with van der Waals surface area (Å²) < 4.78 is 7.91. The first-order chi connectivity index (χ1) is 12.8. The highest BCUT2D eigenvalue weighted by atomic mass is 32.1. The minimum Gasteiger partial charge on any atom is -0.494 e. The lowest BCUT2D eigenvalue weighted by Gasteiger charge is -2.08. The highest BCUT2D eigenvalue weighted by molar-refractivity contribution is 7.21. The van der Waals surface area contributed by atoms with Crippen LogP contribution in [0.25, 0.3) is 32.0 Å². The second-order valence-corrected chi connectivity index (χ2v) is 7.21. The predicted octanol–water partition coefficient (Wildman–Crippen LogP) is 4.94. The fourth-order valence-electron chi connectivity index (χ4n) is 2.90. The first-order valence-electron chi connectivity index (χ1n) is 8.70. The molecule has 0 atom stereocenters. The molecule has 0 saturated carbocycles. The van der Waals surface area contributed by atoms with Gasteiger partial charge in [-0.05, 0) is 24.6 Å². The van der Waals surface area contributed by atoms with Gasteiger partial charge in [0.05, 0.1) is 29.2 Å². The Labute approximate surface area is 156 Å². The van der Waals surface area contributed by atoms with Crippen LogP contribution < -0.4 is 4.74 Å². The van der Waals surface area contributed by atoms with Crippen molar-refractivity contribution in [3.05, 3.63) is 49.2 Å². The largest absolute Gasteiger partial charge is 0.494 e. The molecule has 0 unspecified atom stereocenters. The normalized spacial score (nSPS) is 11.2. The van der Waals surface area contributed by atoms with Gasteiger partial charge in [0.1, 0.15) is 16.9 Å². The van der Waals surface area contributed by atoms with Crippen molar-refractivity contribution in [1.82, 2.24) is 19.5 Å². The average molecular weight is 364 g/mol. The van der Waals surface area contributed by atoms with E-state index in [1.54, 1.807) is 17.7 Å². The van der Waals surface area contributed by atoms with Gasteiger partial charge < -0.3 is 9.30 Å². The Bertz CT molecular complexity index is 1000. The number of rotatable bonds is 6. The van der Waals surface area contributed by atoms with Crippen LogP contribution in [0.2, 0.25) is 0 Å². The van der Waals surface area contributed by atoms with E-state index in [1.165, 1.54) is 0 Å². The third kappa shape index (κ3) is 3.20. The van der Waals surface area contributed by atoms with Gasteiger partial charge in [-0.15, -0.1) is 11.3 Å².